The molecule has 1 fully saturated rings. The van der Waals surface area contributed by atoms with Gasteiger partial charge in [0, 0.05) is 46.0 Å². The van der Waals surface area contributed by atoms with Crippen LogP contribution in [0.4, 0.5) is 4.39 Å². The second-order valence-electron chi connectivity index (χ2n) is 11.3. The summed E-state index contributed by atoms with van der Waals surface area (Å²) >= 11 is 12.4. The van der Waals surface area contributed by atoms with E-state index in [4.69, 9.17) is 23.2 Å². The van der Waals surface area contributed by atoms with Crippen LogP contribution in [-0.2, 0) is 16.3 Å². The number of pyridine rings is 1. The zero-order chi connectivity index (χ0) is 28.9. The lowest BCUT2D eigenvalue weighted by molar-refractivity contribution is 0.579. The molecule has 8 nitrogen and oxygen atoms in total. The molecule has 4 aliphatic rings. The molecule has 0 bridgehead atoms. The first-order valence-corrected chi connectivity index (χ1v) is 16.1. The van der Waals surface area contributed by atoms with Crippen LogP contribution in [0.1, 0.15) is 48.0 Å². The molecule has 42 heavy (non-hydrogen) atoms. The van der Waals surface area contributed by atoms with Gasteiger partial charge >= 0.3 is 0 Å². The van der Waals surface area contributed by atoms with Gasteiger partial charge in [-0.2, -0.15) is 4.39 Å². The van der Waals surface area contributed by atoms with Crippen molar-refractivity contribution in [3.8, 4) is 16.8 Å². The normalized spacial score (nSPS) is 23.4. The number of sulfone groups is 1. The van der Waals surface area contributed by atoms with E-state index in [1.165, 1.54) is 4.68 Å². The Morgan fingerprint density at radius 3 is 2.69 bits per heavy atom. The third-order valence-electron chi connectivity index (χ3n) is 8.78. The number of fused-ring (bicyclic) bond motifs is 4. The molecule has 2 aromatic carbocycles. The van der Waals surface area contributed by atoms with Gasteiger partial charge in [0.2, 0.25) is 5.95 Å². The number of allylic oxidation sites excluding steroid dienone is 1. The van der Waals surface area contributed by atoms with E-state index in [0.29, 0.717) is 51.5 Å². The molecule has 1 saturated carbocycles. The highest BCUT2D eigenvalue weighted by Crippen LogP contribution is 2.60. The summed E-state index contributed by atoms with van der Waals surface area (Å²) < 4.78 is 44.0. The fraction of sp³-hybridized carbons (Fsp3) is 0.267. The Kier molecular flexibility index (Phi) is 5.71. The Bertz CT molecular complexity index is 2080. The first-order chi connectivity index (χ1) is 20.2. The number of benzene rings is 2. The Hall–Kier alpha value is -3.60. The third kappa shape index (κ3) is 4.03. The summed E-state index contributed by atoms with van der Waals surface area (Å²) in [6, 6.07) is 13.7. The van der Waals surface area contributed by atoms with Crippen LogP contribution in [0, 0.1) is 5.92 Å². The molecule has 3 atom stereocenters. The second-order valence-corrected chi connectivity index (χ2v) is 14.2. The minimum Gasteiger partial charge on any atom is -0.303 e. The molecule has 212 valence electrons. The number of rotatable bonds is 4. The number of aromatic nitrogens is 4. The highest BCUT2D eigenvalue weighted by molar-refractivity contribution is 7.91. The number of halogens is 3. The highest BCUT2D eigenvalue weighted by atomic mass is 35.5. The third-order valence-corrected chi connectivity index (χ3v) is 11.1. The van der Waals surface area contributed by atoms with Crippen molar-refractivity contribution in [3.05, 3.63) is 98.0 Å². The summed E-state index contributed by atoms with van der Waals surface area (Å²) in [7, 11) is -3.39. The van der Waals surface area contributed by atoms with E-state index in [0.717, 1.165) is 17.7 Å². The van der Waals surface area contributed by atoms with Gasteiger partial charge in [0.25, 0.3) is 5.56 Å². The Morgan fingerprint density at radius 2 is 1.88 bits per heavy atom. The predicted octanol–water partition coefficient (Wildman–Crippen LogP) is 5.96. The van der Waals surface area contributed by atoms with Crippen LogP contribution in [0.5, 0.6) is 0 Å². The van der Waals surface area contributed by atoms with E-state index in [1.807, 2.05) is 6.07 Å². The van der Waals surface area contributed by atoms with E-state index in [1.54, 1.807) is 53.2 Å². The number of aliphatic imine (C=N–C) groups is 1. The van der Waals surface area contributed by atoms with Gasteiger partial charge in [0.1, 0.15) is 0 Å². The average Bonchev–Trinajstić information content (AvgIpc) is 3.27. The molecule has 3 unspecified atom stereocenters. The van der Waals surface area contributed by atoms with Crippen LogP contribution in [-0.4, -0.2) is 39.4 Å². The maximum absolute atomic E-state index is 15.4. The van der Waals surface area contributed by atoms with Crippen molar-refractivity contribution in [2.45, 2.75) is 42.5 Å². The topological polar surface area (TPSA) is 99.2 Å². The molecule has 1 aliphatic carbocycles. The molecular weight excluding hydrogens is 600 g/mol. The highest BCUT2D eigenvalue weighted by Gasteiger charge is 2.55. The van der Waals surface area contributed by atoms with E-state index >= 15 is 4.39 Å². The molecule has 0 radical (unpaired) electrons. The van der Waals surface area contributed by atoms with Crippen molar-refractivity contribution < 1.29 is 12.8 Å². The van der Waals surface area contributed by atoms with Crippen LogP contribution < -0.4 is 5.56 Å². The first-order valence-electron chi connectivity index (χ1n) is 13.6. The Balaban J connectivity index is 1.14. The predicted molar refractivity (Wildman–Crippen MR) is 158 cm³/mol. The lowest BCUT2D eigenvalue weighted by Crippen LogP contribution is -2.29. The molecule has 4 aromatic rings. The minimum absolute atomic E-state index is 0.100. The molecule has 0 saturated heterocycles. The van der Waals surface area contributed by atoms with Crippen LogP contribution in [0.15, 0.2) is 75.4 Å². The van der Waals surface area contributed by atoms with Crippen LogP contribution in [0.3, 0.4) is 0 Å². The van der Waals surface area contributed by atoms with Crippen molar-refractivity contribution in [2.75, 3.05) is 5.75 Å². The second kappa shape index (κ2) is 9.20. The molecule has 0 spiro atoms. The van der Waals surface area contributed by atoms with Crippen LogP contribution >= 0.6 is 23.2 Å². The van der Waals surface area contributed by atoms with Gasteiger partial charge in [-0.25, -0.2) is 18.1 Å². The molecular formula is C30H22Cl2FN5O3S. The van der Waals surface area contributed by atoms with E-state index in [9.17, 15) is 13.2 Å². The lowest BCUT2D eigenvalue weighted by atomic mass is 9.96. The van der Waals surface area contributed by atoms with Gasteiger partial charge in [-0.15, -0.1) is 5.10 Å². The number of aryl methyl sites for hydroxylation is 1. The molecule has 0 N–H and O–H groups in total. The zero-order valence-corrected chi connectivity index (χ0v) is 24.3. The van der Waals surface area contributed by atoms with E-state index < -0.39 is 15.8 Å². The van der Waals surface area contributed by atoms with Gasteiger partial charge in [0.05, 0.1) is 28.6 Å². The van der Waals surface area contributed by atoms with Gasteiger partial charge in [-0.1, -0.05) is 40.5 Å². The summed E-state index contributed by atoms with van der Waals surface area (Å²) in [4.78, 5) is 18.3. The van der Waals surface area contributed by atoms with Gasteiger partial charge in [0.15, 0.2) is 15.0 Å². The quantitative estimate of drug-likeness (QED) is 0.262. The maximum Gasteiger partial charge on any atom is 0.251 e. The van der Waals surface area contributed by atoms with Crippen molar-refractivity contribution in [3.63, 3.8) is 0 Å². The van der Waals surface area contributed by atoms with Gasteiger partial charge < -0.3 is 4.57 Å². The summed E-state index contributed by atoms with van der Waals surface area (Å²) in [5.41, 5.74) is 4.98. The Morgan fingerprint density at radius 1 is 1.02 bits per heavy atom. The summed E-state index contributed by atoms with van der Waals surface area (Å²) in [5, 5.41) is 8.68. The zero-order valence-electron chi connectivity index (χ0n) is 22.0. The van der Waals surface area contributed by atoms with Crippen LogP contribution in [0.2, 0.25) is 10.2 Å². The van der Waals surface area contributed by atoms with Crippen molar-refractivity contribution in [1.29, 1.82) is 0 Å². The average molecular weight is 623 g/mol. The summed E-state index contributed by atoms with van der Waals surface area (Å²) in [5.74, 6) is -0.211. The fourth-order valence-electron chi connectivity index (χ4n) is 6.81. The molecule has 0 amide bonds. The van der Waals surface area contributed by atoms with Crippen LogP contribution in [0.25, 0.3) is 22.4 Å². The fourth-order valence-corrected chi connectivity index (χ4v) is 8.73. The minimum atomic E-state index is -3.39. The molecule has 8 rings (SSSR count). The summed E-state index contributed by atoms with van der Waals surface area (Å²) in [6.45, 7) is 0. The van der Waals surface area contributed by atoms with Crippen molar-refractivity contribution >= 4 is 44.3 Å². The first kappa shape index (κ1) is 26.1. The SMILES string of the molecule is O=c1cc(-c2cc(Cl)ccc2-n2cc(Cl)nn2)cc2n1C(C1=NC(F)=C(c3ccc4c(c3)S(=O)(=O)CCC4)C1)C1CC21. The molecule has 2 aromatic heterocycles. The van der Waals surface area contributed by atoms with E-state index in [2.05, 4.69) is 15.3 Å². The Labute approximate surface area is 250 Å². The standard InChI is InChI=1S/C30H22Cl2FN5O3S/c31-18-5-6-24(37-14-27(32)35-36-37)19(11-18)17-8-25-21-12-22(21)29(38(25)28(39)10-17)23-13-20(30(33)34-23)16-4-3-15-2-1-7-42(40,41)26(15)9-16/h3-6,8-11,14,21-22,29H,1-2,7,12-13H2. The molecule has 12 heteroatoms. The smallest absolute Gasteiger partial charge is 0.251 e. The number of hydrogen-bond donors (Lipinski definition) is 0. The number of nitrogens with zero attached hydrogens (tertiary/aromatic N) is 5. The van der Waals surface area contributed by atoms with Crippen molar-refractivity contribution in [2.24, 2.45) is 10.9 Å². The summed E-state index contributed by atoms with van der Waals surface area (Å²) in [6.07, 6.45) is 3.96. The maximum atomic E-state index is 15.4. The van der Waals surface area contributed by atoms with Gasteiger partial charge in [-0.05, 0) is 72.2 Å². The monoisotopic (exact) mass is 621 g/mol. The largest absolute Gasteiger partial charge is 0.303 e. The molecule has 3 aliphatic heterocycles. The van der Waals surface area contributed by atoms with Gasteiger partial charge in [-0.3, -0.25) is 4.79 Å². The van der Waals surface area contributed by atoms with E-state index in [-0.39, 0.29) is 45.7 Å². The van der Waals surface area contributed by atoms with Crippen molar-refractivity contribution in [1.82, 2.24) is 19.6 Å². The lowest BCUT2D eigenvalue weighted by Gasteiger charge is -2.20. The number of hydrogen-bond acceptors (Lipinski definition) is 6. The molecule has 5 heterocycles.